The van der Waals surface area contributed by atoms with Gasteiger partial charge in [-0.2, -0.15) is 0 Å². The summed E-state index contributed by atoms with van der Waals surface area (Å²) in [5.74, 6) is -0.346. The molecular formula is C20H29NO7. The molecule has 0 radical (unpaired) electrons. The monoisotopic (exact) mass is 395 g/mol. The first-order chi connectivity index (χ1) is 13.4. The van der Waals surface area contributed by atoms with Gasteiger partial charge in [-0.15, -0.1) is 0 Å². The van der Waals surface area contributed by atoms with Gasteiger partial charge in [-0.25, -0.2) is 4.79 Å². The molecular weight excluding hydrogens is 366 g/mol. The highest BCUT2D eigenvalue weighted by Gasteiger charge is 2.29. The Kier molecular flexibility index (Phi) is 10.5. The van der Waals surface area contributed by atoms with Crippen molar-refractivity contribution in [2.45, 2.75) is 52.6 Å². The number of carbonyl (C=O) groups excluding carboxylic acids is 2. The van der Waals surface area contributed by atoms with E-state index in [1.807, 2.05) is 30.3 Å². The van der Waals surface area contributed by atoms with Gasteiger partial charge < -0.3 is 24.1 Å². The van der Waals surface area contributed by atoms with Crippen LogP contribution in [0.2, 0.25) is 0 Å². The highest BCUT2D eigenvalue weighted by Crippen LogP contribution is 2.16. The van der Waals surface area contributed by atoms with Crippen LogP contribution in [0.1, 0.15) is 39.2 Å². The van der Waals surface area contributed by atoms with Crippen molar-refractivity contribution in [1.29, 1.82) is 0 Å². The second kappa shape index (κ2) is 12.6. The molecule has 1 amide bonds. The van der Waals surface area contributed by atoms with Crippen LogP contribution in [-0.2, 0) is 30.3 Å². The number of ether oxygens (including phenoxy) is 4. The average Bonchev–Trinajstić information content (AvgIpc) is 2.67. The van der Waals surface area contributed by atoms with Gasteiger partial charge in [-0.05, 0) is 32.3 Å². The second-order valence-corrected chi connectivity index (χ2v) is 6.25. The number of alkyl carbamates (subject to hydrolysis) is 1. The molecule has 0 aromatic heterocycles. The van der Waals surface area contributed by atoms with Crippen molar-refractivity contribution in [1.82, 2.24) is 5.32 Å². The minimum Gasteiger partial charge on any atom is -0.469 e. The minimum absolute atomic E-state index is 0.0774. The van der Waals surface area contributed by atoms with E-state index in [2.05, 4.69) is 5.32 Å². The summed E-state index contributed by atoms with van der Waals surface area (Å²) in [6, 6.07) is 9.21. The van der Waals surface area contributed by atoms with Gasteiger partial charge >= 0.3 is 12.1 Å². The predicted molar refractivity (Wildman–Crippen MR) is 102 cm³/mol. The molecule has 0 aliphatic rings. The van der Waals surface area contributed by atoms with Crippen molar-refractivity contribution in [3.05, 3.63) is 47.4 Å². The van der Waals surface area contributed by atoms with E-state index in [4.69, 9.17) is 24.1 Å². The lowest BCUT2D eigenvalue weighted by Gasteiger charge is -2.28. The third-order valence-electron chi connectivity index (χ3n) is 3.60. The van der Waals surface area contributed by atoms with E-state index < -0.39 is 24.4 Å². The van der Waals surface area contributed by atoms with Crippen molar-refractivity contribution in [2.24, 2.45) is 0 Å². The molecule has 1 rings (SSSR count). The summed E-state index contributed by atoms with van der Waals surface area (Å²) < 4.78 is 21.4. The summed E-state index contributed by atoms with van der Waals surface area (Å²) >= 11 is 0. The van der Waals surface area contributed by atoms with E-state index >= 15 is 0 Å². The molecule has 156 valence electrons. The molecule has 0 aliphatic carbocycles. The second-order valence-electron chi connectivity index (χ2n) is 6.25. The molecule has 0 aliphatic heterocycles. The van der Waals surface area contributed by atoms with Gasteiger partial charge in [-0.1, -0.05) is 30.3 Å². The van der Waals surface area contributed by atoms with Gasteiger partial charge in [0, 0.05) is 19.1 Å². The number of esters is 1. The standard InChI is InChI=1S/C20H29NO7/c1-14(2)19(25-4)28-18(17(11-8-12-22)27-15(3)23)21-20(24)26-13-16-9-6-5-7-10-16/h5-7,9-10,17-18,22H,8,11-13H2,1-4H3,(H,21,24)/t17-,18+/m0/s1. The lowest BCUT2D eigenvalue weighted by Crippen LogP contribution is -2.47. The smallest absolute Gasteiger partial charge is 0.410 e. The molecule has 0 unspecified atom stereocenters. The van der Waals surface area contributed by atoms with Crippen LogP contribution in [0.25, 0.3) is 0 Å². The first-order valence-electron chi connectivity index (χ1n) is 9.00. The average molecular weight is 395 g/mol. The molecule has 0 spiro atoms. The lowest BCUT2D eigenvalue weighted by atomic mass is 10.1. The predicted octanol–water partition coefficient (Wildman–Crippen LogP) is 2.86. The first-order valence-corrected chi connectivity index (χ1v) is 9.00. The van der Waals surface area contributed by atoms with Gasteiger partial charge in [-0.3, -0.25) is 10.1 Å². The third kappa shape index (κ3) is 8.77. The fourth-order valence-electron chi connectivity index (χ4n) is 2.34. The van der Waals surface area contributed by atoms with Crippen LogP contribution in [0, 0.1) is 0 Å². The van der Waals surface area contributed by atoms with Gasteiger partial charge in [0.1, 0.15) is 6.61 Å². The fourth-order valence-corrected chi connectivity index (χ4v) is 2.34. The Balaban J connectivity index is 2.88. The van der Waals surface area contributed by atoms with Crippen LogP contribution in [0.4, 0.5) is 4.79 Å². The summed E-state index contributed by atoms with van der Waals surface area (Å²) in [6.07, 6.45) is -1.99. The van der Waals surface area contributed by atoms with Crippen LogP contribution in [0.3, 0.4) is 0 Å². The topological polar surface area (TPSA) is 103 Å². The molecule has 1 aromatic rings. The van der Waals surface area contributed by atoms with Crippen molar-refractivity contribution < 1.29 is 33.6 Å². The Morgan fingerprint density at radius 2 is 1.79 bits per heavy atom. The number of aliphatic hydroxyl groups is 1. The largest absolute Gasteiger partial charge is 0.469 e. The number of amides is 1. The maximum absolute atomic E-state index is 12.3. The number of aliphatic hydroxyl groups excluding tert-OH is 1. The van der Waals surface area contributed by atoms with Crippen LogP contribution in [-0.4, -0.2) is 43.2 Å². The SMILES string of the molecule is COC(O[C@@H](NC(=O)OCc1ccccc1)[C@H](CCCO)OC(C)=O)=C(C)C. The number of rotatable bonds is 11. The summed E-state index contributed by atoms with van der Waals surface area (Å²) in [7, 11) is 1.43. The highest BCUT2D eigenvalue weighted by molar-refractivity contribution is 5.68. The summed E-state index contributed by atoms with van der Waals surface area (Å²) in [5.41, 5.74) is 1.56. The molecule has 28 heavy (non-hydrogen) atoms. The van der Waals surface area contributed by atoms with Crippen molar-refractivity contribution in [2.75, 3.05) is 13.7 Å². The molecule has 8 nitrogen and oxygen atoms in total. The molecule has 1 aromatic carbocycles. The normalized spacial score (nSPS) is 12.3. The number of carbonyl (C=O) groups is 2. The van der Waals surface area contributed by atoms with Gasteiger partial charge in [0.15, 0.2) is 6.10 Å². The van der Waals surface area contributed by atoms with E-state index in [1.165, 1.54) is 14.0 Å². The number of allylic oxidation sites excluding steroid dienone is 1. The van der Waals surface area contributed by atoms with Gasteiger partial charge in [0.05, 0.1) is 7.11 Å². The Labute approximate surface area is 165 Å². The number of hydrogen-bond acceptors (Lipinski definition) is 7. The summed E-state index contributed by atoms with van der Waals surface area (Å²) in [4.78, 5) is 23.8. The van der Waals surface area contributed by atoms with Gasteiger partial charge in [0.25, 0.3) is 5.95 Å². The number of hydrogen-bond donors (Lipinski definition) is 2. The Bertz CT molecular complexity index is 641. The Hall–Kier alpha value is -2.74. The van der Waals surface area contributed by atoms with E-state index in [-0.39, 0.29) is 25.6 Å². The number of methoxy groups -OCH3 is 1. The maximum Gasteiger partial charge on any atom is 0.410 e. The first kappa shape index (κ1) is 23.3. The molecule has 0 fully saturated rings. The molecule has 2 N–H and O–H groups in total. The zero-order chi connectivity index (χ0) is 20.9. The van der Waals surface area contributed by atoms with E-state index in [9.17, 15) is 9.59 Å². The van der Waals surface area contributed by atoms with Crippen LogP contribution in [0.15, 0.2) is 41.9 Å². The van der Waals surface area contributed by atoms with E-state index in [0.29, 0.717) is 6.42 Å². The summed E-state index contributed by atoms with van der Waals surface area (Å²) in [5, 5.41) is 11.7. The number of benzene rings is 1. The summed E-state index contributed by atoms with van der Waals surface area (Å²) in [6.45, 7) is 4.79. The van der Waals surface area contributed by atoms with Crippen LogP contribution in [0.5, 0.6) is 0 Å². The third-order valence-corrected chi connectivity index (χ3v) is 3.60. The Morgan fingerprint density at radius 1 is 1.11 bits per heavy atom. The highest BCUT2D eigenvalue weighted by atomic mass is 16.7. The van der Waals surface area contributed by atoms with Crippen molar-refractivity contribution in [3.8, 4) is 0 Å². The molecule has 0 saturated heterocycles. The van der Waals surface area contributed by atoms with Gasteiger partial charge in [0.2, 0.25) is 6.23 Å². The fraction of sp³-hybridized carbons (Fsp3) is 0.500. The molecule has 0 bridgehead atoms. The number of nitrogens with one attached hydrogen (secondary N) is 1. The van der Waals surface area contributed by atoms with Crippen LogP contribution >= 0.6 is 0 Å². The molecule has 0 saturated carbocycles. The molecule has 8 heteroatoms. The van der Waals surface area contributed by atoms with Crippen molar-refractivity contribution >= 4 is 12.1 Å². The van der Waals surface area contributed by atoms with Crippen molar-refractivity contribution in [3.63, 3.8) is 0 Å². The van der Waals surface area contributed by atoms with E-state index in [0.717, 1.165) is 11.1 Å². The quantitative estimate of drug-likeness (QED) is 0.337. The van der Waals surface area contributed by atoms with E-state index in [1.54, 1.807) is 13.8 Å². The zero-order valence-electron chi connectivity index (χ0n) is 16.8. The molecule has 2 atom stereocenters. The maximum atomic E-state index is 12.3. The van der Waals surface area contributed by atoms with Crippen LogP contribution < -0.4 is 5.32 Å². The zero-order valence-corrected chi connectivity index (χ0v) is 16.8. The minimum atomic E-state index is -1.05. The lowest BCUT2D eigenvalue weighted by molar-refractivity contribution is -0.158. The molecule has 0 heterocycles. The Morgan fingerprint density at radius 3 is 2.32 bits per heavy atom.